The monoisotopic (exact) mass is 989 g/mol. The Bertz CT molecular complexity index is 4190. The number of anilines is 6. The van der Waals surface area contributed by atoms with E-state index >= 15 is 4.79 Å². The van der Waals surface area contributed by atoms with Crippen molar-refractivity contribution >= 4 is 102 Å². The molecule has 4 aliphatic heterocycles. The molecular formula is C67H41B2N3O5. The maximum atomic E-state index is 15.9. The van der Waals surface area contributed by atoms with E-state index in [1.807, 2.05) is 103 Å². The van der Waals surface area contributed by atoms with Gasteiger partial charge in [0.15, 0.2) is 5.43 Å². The Hall–Kier alpha value is -10.2. The molecule has 0 radical (unpaired) electrons. The maximum absolute atomic E-state index is 15.9. The van der Waals surface area contributed by atoms with Crippen LogP contribution in [-0.4, -0.2) is 18.0 Å². The number of hydrogen-bond acceptors (Lipinski definition) is 7. The highest BCUT2D eigenvalue weighted by molar-refractivity contribution is 7.00. The molecule has 8 nitrogen and oxygen atoms in total. The molecule has 0 amide bonds. The van der Waals surface area contributed by atoms with Gasteiger partial charge in [0.1, 0.15) is 46.0 Å². The summed E-state index contributed by atoms with van der Waals surface area (Å²) >= 11 is 0. The van der Waals surface area contributed by atoms with Gasteiger partial charge in [-0.25, -0.2) is 0 Å². The molecule has 0 fully saturated rings. The van der Waals surface area contributed by atoms with Crippen molar-refractivity contribution in [1.29, 1.82) is 0 Å². The Morgan fingerprint density at radius 1 is 0.325 bits per heavy atom. The second kappa shape index (κ2) is 16.9. The first-order valence-electron chi connectivity index (χ1n) is 25.9. The van der Waals surface area contributed by atoms with Crippen LogP contribution in [0.4, 0.5) is 34.1 Å². The number of pyridine rings is 1. The van der Waals surface area contributed by atoms with Crippen molar-refractivity contribution in [2.45, 2.75) is 0 Å². The number of benzene rings is 11. The molecule has 16 rings (SSSR count). The zero-order valence-corrected chi connectivity index (χ0v) is 41.2. The van der Waals surface area contributed by atoms with Crippen LogP contribution in [0, 0.1) is 0 Å². The summed E-state index contributed by atoms with van der Waals surface area (Å²) in [7, 11) is 0. The molecule has 0 unspecified atom stereocenters. The summed E-state index contributed by atoms with van der Waals surface area (Å²) in [5, 5.41) is 1.17. The molecule has 77 heavy (non-hydrogen) atoms. The number of nitrogens with zero attached hydrogens (tertiary/aromatic N) is 3. The first-order chi connectivity index (χ1) is 38.1. The average Bonchev–Trinajstić information content (AvgIpc) is 3.67. The van der Waals surface area contributed by atoms with E-state index < -0.39 is 0 Å². The van der Waals surface area contributed by atoms with Gasteiger partial charge in [-0.2, -0.15) is 0 Å². The minimum atomic E-state index is -0.274. The average molecular weight is 990 g/mol. The van der Waals surface area contributed by atoms with Crippen LogP contribution in [0.5, 0.6) is 46.0 Å². The highest BCUT2D eigenvalue weighted by atomic mass is 16.5. The standard InChI is InChI=1S/C67H41B2N3O5/c73-67-49-38-53-61(76-63-36-47(74-45-26-12-4-13-27-45)34-59-65(63)68(53)51-30-16-18-32-55(51)70(59)42-20-6-1-7-21-42)40-57(49)72(44-24-10-3-11-25-44)58-41-62-54(39-50(58)67)69-52-31-17-19-33-56(52)71(43-22-8-2-9-23-43)60-35-48(37-64(77-62)66(60)69)75-46-28-14-5-15-29-46/h1-41H. The predicted molar refractivity (Wildman–Crippen MR) is 312 cm³/mol. The van der Waals surface area contributed by atoms with Crippen LogP contribution in [0.3, 0.4) is 0 Å². The second-order valence-corrected chi connectivity index (χ2v) is 19.9. The Balaban J connectivity index is 0.935. The van der Waals surface area contributed by atoms with Gasteiger partial charge >= 0.3 is 0 Å². The lowest BCUT2D eigenvalue weighted by Crippen LogP contribution is -2.59. The van der Waals surface area contributed by atoms with Crippen molar-refractivity contribution in [3.8, 4) is 51.7 Å². The predicted octanol–water partition coefficient (Wildman–Crippen LogP) is 12.5. The van der Waals surface area contributed by atoms with E-state index in [0.29, 0.717) is 56.3 Å². The molecule has 11 aromatic carbocycles. The first kappa shape index (κ1) is 43.2. The Morgan fingerprint density at radius 3 is 1.13 bits per heavy atom. The summed E-state index contributed by atoms with van der Waals surface area (Å²) < 4.78 is 29.8. The van der Waals surface area contributed by atoms with Crippen molar-refractivity contribution < 1.29 is 18.9 Å². The zero-order chi connectivity index (χ0) is 50.7. The Morgan fingerprint density at radius 2 is 0.701 bits per heavy atom. The Kier molecular flexibility index (Phi) is 9.51. The molecule has 0 bridgehead atoms. The van der Waals surface area contributed by atoms with E-state index in [0.717, 1.165) is 84.1 Å². The minimum Gasteiger partial charge on any atom is -0.458 e. The molecular weight excluding hydrogens is 948 g/mol. The summed E-state index contributed by atoms with van der Waals surface area (Å²) in [5.41, 5.74) is 14.2. The summed E-state index contributed by atoms with van der Waals surface area (Å²) in [6.45, 7) is -0.548. The van der Waals surface area contributed by atoms with Crippen molar-refractivity contribution in [3.05, 3.63) is 259 Å². The molecule has 1 aromatic heterocycles. The normalized spacial score (nSPS) is 13.1. The van der Waals surface area contributed by atoms with Crippen LogP contribution in [0.25, 0.3) is 27.5 Å². The first-order valence-corrected chi connectivity index (χ1v) is 25.9. The molecule has 360 valence electrons. The van der Waals surface area contributed by atoms with E-state index in [-0.39, 0.29) is 18.9 Å². The van der Waals surface area contributed by atoms with Crippen molar-refractivity contribution in [2.24, 2.45) is 0 Å². The number of rotatable bonds is 7. The summed E-state index contributed by atoms with van der Waals surface area (Å²) in [6, 6.07) is 84.4. The van der Waals surface area contributed by atoms with Gasteiger partial charge in [0, 0.05) is 87.0 Å². The molecule has 0 atom stereocenters. The Labute approximate surface area is 443 Å². The third-order valence-electron chi connectivity index (χ3n) is 15.5. The van der Waals surface area contributed by atoms with Crippen LogP contribution in [0.15, 0.2) is 254 Å². The van der Waals surface area contributed by atoms with Crippen molar-refractivity contribution in [1.82, 2.24) is 4.57 Å². The van der Waals surface area contributed by atoms with Gasteiger partial charge in [-0.05, 0) is 118 Å². The molecule has 0 spiro atoms. The third-order valence-corrected chi connectivity index (χ3v) is 15.5. The number of fused-ring (bicyclic) bond motifs is 10. The lowest BCUT2D eigenvalue weighted by molar-refractivity contribution is 0.463. The van der Waals surface area contributed by atoms with E-state index in [1.54, 1.807) is 0 Å². The lowest BCUT2D eigenvalue weighted by Gasteiger charge is -2.40. The van der Waals surface area contributed by atoms with Gasteiger partial charge in [-0.3, -0.25) is 4.79 Å². The van der Waals surface area contributed by atoms with Gasteiger partial charge in [-0.1, -0.05) is 127 Å². The van der Waals surface area contributed by atoms with Crippen molar-refractivity contribution in [3.63, 3.8) is 0 Å². The lowest BCUT2D eigenvalue weighted by atomic mass is 9.34. The molecule has 5 heterocycles. The zero-order valence-electron chi connectivity index (χ0n) is 41.2. The highest BCUT2D eigenvalue weighted by Gasteiger charge is 2.45. The molecule has 10 heteroatoms. The quantitative estimate of drug-likeness (QED) is 0.116. The van der Waals surface area contributed by atoms with Crippen LogP contribution < -0.4 is 67.0 Å². The summed E-state index contributed by atoms with van der Waals surface area (Å²) in [5.74, 6) is 5.42. The van der Waals surface area contributed by atoms with Gasteiger partial charge in [0.05, 0.1) is 11.0 Å². The molecule has 0 saturated carbocycles. The van der Waals surface area contributed by atoms with Crippen molar-refractivity contribution in [2.75, 3.05) is 9.80 Å². The number of ether oxygens (including phenoxy) is 4. The summed E-state index contributed by atoms with van der Waals surface area (Å²) in [6.07, 6.45) is 0. The maximum Gasteiger partial charge on any atom is 0.256 e. The fourth-order valence-electron chi connectivity index (χ4n) is 12.4. The van der Waals surface area contributed by atoms with Gasteiger partial charge in [-0.15, -0.1) is 0 Å². The van der Waals surface area contributed by atoms with Gasteiger partial charge < -0.3 is 33.3 Å². The van der Waals surface area contributed by atoms with Crippen LogP contribution in [-0.2, 0) is 0 Å². The highest BCUT2D eigenvalue weighted by Crippen LogP contribution is 2.46. The number of aromatic nitrogens is 1. The SMILES string of the molecule is O=c1c2cc3c(cc2n(-c2ccccc2)c2cc4c(cc12)B1c2ccccc2N(c2ccccc2)c2cc(Oc5ccccc5)cc(c21)O4)Oc1cc(Oc2ccccc2)cc2c1B3c1ccccc1N2c1ccccc1. The largest absolute Gasteiger partial charge is 0.458 e. The smallest absolute Gasteiger partial charge is 0.256 e. The van der Waals surface area contributed by atoms with Crippen LogP contribution >= 0.6 is 0 Å². The van der Waals surface area contributed by atoms with Crippen LogP contribution in [0.2, 0.25) is 0 Å². The third kappa shape index (κ3) is 6.71. The molecule has 0 N–H and O–H groups in total. The van der Waals surface area contributed by atoms with Gasteiger partial charge in [0.2, 0.25) is 0 Å². The second-order valence-electron chi connectivity index (χ2n) is 19.9. The fraction of sp³-hybridized carbons (Fsp3) is 0. The number of para-hydroxylation sites is 7. The van der Waals surface area contributed by atoms with E-state index in [4.69, 9.17) is 18.9 Å². The van der Waals surface area contributed by atoms with Crippen LogP contribution in [0.1, 0.15) is 0 Å². The molecule has 12 aromatic rings. The molecule has 4 aliphatic rings. The molecule has 0 saturated heterocycles. The molecule has 0 aliphatic carbocycles. The topological polar surface area (TPSA) is 65.4 Å². The summed E-state index contributed by atoms with van der Waals surface area (Å²) in [4.78, 5) is 20.5. The van der Waals surface area contributed by atoms with E-state index in [1.165, 1.54) is 0 Å². The van der Waals surface area contributed by atoms with Gasteiger partial charge in [0.25, 0.3) is 13.4 Å². The minimum absolute atomic E-state index is 0.0759. The number of hydrogen-bond donors (Lipinski definition) is 0. The van der Waals surface area contributed by atoms with E-state index in [9.17, 15) is 0 Å². The fourth-order valence-corrected chi connectivity index (χ4v) is 12.4. The van der Waals surface area contributed by atoms with E-state index in [2.05, 4.69) is 160 Å².